The Morgan fingerprint density at radius 1 is 1.39 bits per heavy atom. The molecule has 0 atom stereocenters. The van der Waals surface area contributed by atoms with E-state index in [1.54, 1.807) is 0 Å². The molecule has 0 fully saturated rings. The molecule has 0 saturated heterocycles. The smallest absolute Gasteiger partial charge is 0.250 e. The van der Waals surface area contributed by atoms with E-state index >= 15 is 0 Å². The third-order valence-electron chi connectivity index (χ3n) is 1.99. The number of benzene rings is 1. The van der Waals surface area contributed by atoms with E-state index in [-0.39, 0.29) is 18.1 Å². The molecule has 18 heavy (non-hydrogen) atoms. The van der Waals surface area contributed by atoms with Crippen molar-refractivity contribution in [3.05, 3.63) is 22.2 Å². The highest BCUT2D eigenvalue weighted by atomic mass is 35.5. The van der Waals surface area contributed by atoms with Gasteiger partial charge in [-0.15, -0.1) is 0 Å². The molecule has 6 heteroatoms. The molecular formula is C12H16Cl2N2O2. The molecule has 0 unspecified atom stereocenters. The van der Waals surface area contributed by atoms with Crippen molar-refractivity contribution in [2.75, 3.05) is 17.7 Å². The summed E-state index contributed by atoms with van der Waals surface area (Å²) in [4.78, 5) is 11.7. The van der Waals surface area contributed by atoms with Crippen molar-refractivity contribution in [1.82, 2.24) is 0 Å². The number of rotatable bonds is 3. The Hall–Kier alpha value is -0.970. The summed E-state index contributed by atoms with van der Waals surface area (Å²) in [6.07, 6.45) is 0. The topological polar surface area (TPSA) is 64.3 Å². The van der Waals surface area contributed by atoms with Gasteiger partial charge < -0.3 is 15.8 Å². The van der Waals surface area contributed by atoms with Crippen LogP contribution < -0.4 is 11.1 Å². The highest BCUT2D eigenvalue weighted by Gasteiger charge is 2.15. The summed E-state index contributed by atoms with van der Waals surface area (Å²) >= 11 is 11.7. The Morgan fingerprint density at radius 2 is 2.00 bits per heavy atom. The minimum Gasteiger partial charge on any atom is -0.397 e. The van der Waals surface area contributed by atoms with Crippen molar-refractivity contribution in [2.45, 2.75) is 26.4 Å². The molecule has 4 nitrogen and oxygen atoms in total. The summed E-state index contributed by atoms with van der Waals surface area (Å²) in [7, 11) is 0. The van der Waals surface area contributed by atoms with Gasteiger partial charge >= 0.3 is 0 Å². The van der Waals surface area contributed by atoms with Crippen LogP contribution in [-0.2, 0) is 9.53 Å². The molecule has 0 heterocycles. The molecular weight excluding hydrogens is 275 g/mol. The Morgan fingerprint density at radius 3 is 2.50 bits per heavy atom. The third kappa shape index (κ3) is 4.72. The maximum atomic E-state index is 11.7. The minimum atomic E-state index is -0.382. The van der Waals surface area contributed by atoms with Crippen LogP contribution in [0, 0.1) is 0 Å². The Balaban J connectivity index is 2.71. The van der Waals surface area contributed by atoms with Gasteiger partial charge in [-0.1, -0.05) is 23.2 Å². The quantitative estimate of drug-likeness (QED) is 0.839. The van der Waals surface area contributed by atoms with Crippen LogP contribution in [0.4, 0.5) is 11.4 Å². The SMILES string of the molecule is CC(C)(C)OCC(=O)Nc1c(N)cc(Cl)cc1Cl. The maximum absolute atomic E-state index is 11.7. The fourth-order valence-corrected chi connectivity index (χ4v) is 1.74. The second kappa shape index (κ2) is 5.78. The molecule has 0 saturated carbocycles. The first-order chi connectivity index (χ1) is 8.19. The first kappa shape index (κ1) is 15.1. The lowest BCUT2D eigenvalue weighted by Crippen LogP contribution is -2.27. The van der Waals surface area contributed by atoms with Gasteiger partial charge in [0.15, 0.2) is 0 Å². The van der Waals surface area contributed by atoms with E-state index < -0.39 is 0 Å². The number of amides is 1. The number of halogens is 2. The molecule has 0 aliphatic heterocycles. The van der Waals surface area contributed by atoms with Crippen LogP contribution in [-0.4, -0.2) is 18.1 Å². The zero-order chi connectivity index (χ0) is 13.9. The van der Waals surface area contributed by atoms with Crippen LogP contribution in [0.15, 0.2) is 12.1 Å². The Bertz CT molecular complexity index is 433. The highest BCUT2D eigenvalue weighted by molar-refractivity contribution is 6.37. The summed E-state index contributed by atoms with van der Waals surface area (Å²) in [5.41, 5.74) is 6.01. The summed E-state index contributed by atoms with van der Waals surface area (Å²) < 4.78 is 5.34. The van der Waals surface area contributed by atoms with Gasteiger partial charge in [0.1, 0.15) is 6.61 Å². The van der Waals surface area contributed by atoms with Crippen LogP contribution in [0.2, 0.25) is 10.0 Å². The van der Waals surface area contributed by atoms with Crippen molar-refractivity contribution in [3.63, 3.8) is 0 Å². The van der Waals surface area contributed by atoms with Crippen LogP contribution in [0.3, 0.4) is 0 Å². The van der Waals surface area contributed by atoms with E-state index in [9.17, 15) is 4.79 Å². The van der Waals surface area contributed by atoms with Crippen molar-refractivity contribution >= 4 is 40.5 Å². The number of nitrogen functional groups attached to an aromatic ring is 1. The predicted octanol–water partition coefficient (Wildman–Crippen LogP) is 3.33. The molecule has 1 aromatic rings. The van der Waals surface area contributed by atoms with Crippen LogP contribution in [0.25, 0.3) is 0 Å². The molecule has 0 spiro atoms. The number of nitrogens with two attached hydrogens (primary N) is 1. The molecule has 3 N–H and O–H groups in total. The number of hydrogen-bond acceptors (Lipinski definition) is 3. The van der Waals surface area contributed by atoms with E-state index in [1.807, 2.05) is 20.8 Å². The van der Waals surface area contributed by atoms with E-state index in [4.69, 9.17) is 33.7 Å². The standard InChI is InChI=1S/C12H16Cl2N2O2/c1-12(2,3)18-6-10(17)16-11-8(14)4-7(13)5-9(11)15/h4-5H,6,15H2,1-3H3,(H,16,17). The van der Waals surface area contributed by atoms with Gasteiger partial charge in [0, 0.05) is 5.02 Å². The van der Waals surface area contributed by atoms with Crippen molar-refractivity contribution in [2.24, 2.45) is 0 Å². The predicted molar refractivity (Wildman–Crippen MR) is 75.2 cm³/mol. The van der Waals surface area contributed by atoms with Crippen molar-refractivity contribution in [1.29, 1.82) is 0 Å². The summed E-state index contributed by atoms with van der Waals surface area (Å²) in [6, 6.07) is 3.04. The number of anilines is 2. The lowest BCUT2D eigenvalue weighted by Gasteiger charge is -2.19. The maximum Gasteiger partial charge on any atom is 0.250 e. The Labute approximate surface area is 116 Å². The molecule has 0 aliphatic carbocycles. The van der Waals surface area contributed by atoms with Crippen LogP contribution >= 0.6 is 23.2 Å². The Kier molecular flexibility index (Phi) is 4.85. The normalized spacial score (nSPS) is 11.4. The number of carbonyl (C=O) groups is 1. The largest absolute Gasteiger partial charge is 0.397 e. The highest BCUT2D eigenvalue weighted by Crippen LogP contribution is 2.31. The van der Waals surface area contributed by atoms with Gasteiger partial charge in [0.05, 0.1) is 22.0 Å². The average Bonchev–Trinajstić information content (AvgIpc) is 2.19. The first-order valence-corrected chi connectivity index (χ1v) is 6.13. The van der Waals surface area contributed by atoms with E-state index in [0.29, 0.717) is 21.4 Å². The van der Waals surface area contributed by atoms with Gasteiger partial charge in [-0.3, -0.25) is 4.79 Å². The number of ether oxygens (including phenoxy) is 1. The third-order valence-corrected chi connectivity index (χ3v) is 2.50. The molecule has 1 amide bonds. The van der Waals surface area contributed by atoms with Crippen LogP contribution in [0.1, 0.15) is 20.8 Å². The second-order valence-corrected chi connectivity index (χ2v) is 5.64. The molecule has 100 valence electrons. The van der Waals surface area contributed by atoms with Gasteiger partial charge in [-0.2, -0.15) is 0 Å². The van der Waals surface area contributed by atoms with E-state index in [2.05, 4.69) is 5.32 Å². The first-order valence-electron chi connectivity index (χ1n) is 5.37. The van der Waals surface area contributed by atoms with Gasteiger partial charge in [-0.25, -0.2) is 0 Å². The zero-order valence-corrected chi connectivity index (χ0v) is 12.0. The number of hydrogen-bond donors (Lipinski definition) is 2. The van der Waals surface area contributed by atoms with E-state index in [0.717, 1.165) is 0 Å². The second-order valence-electron chi connectivity index (χ2n) is 4.80. The number of nitrogens with one attached hydrogen (secondary N) is 1. The van der Waals surface area contributed by atoms with Crippen molar-refractivity contribution < 1.29 is 9.53 Å². The zero-order valence-electron chi connectivity index (χ0n) is 10.5. The van der Waals surface area contributed by atoms with Gasteiger partial charge in [-0.05, 0) is 32.9 Å². The molecule has 0 aromatic heterocycles. The van der Waals surface area contributed by atoms with Gasteiger partial charge in [0.25, 0.3) is 0 Å². The summed E-state index contributed by atoms with van der Waals surface area (Å²) in [6.45, 7) is 5.53. The fraction of sp³-hybridized carbons (Fsp3) is 0.417. The molecule has 0 bridgehead atoms. The summed E-state index contributed by atoms with van der Waals surface area (Å²) in [5.74, 6) is -0.319. The molecule has 1 aromatic carbocycles. The van der Waals surface area contributed by atoms with Crippen LogP contribution in [0.5, 0.6) is 0 Å². The van der Waals surface area contributed by atoms with Gasteiger partial charge in [0.2, 0.25) is 5.91 Å². The average molecular weight is 291 g/mol. The molecule has 0 radical (unpaired) electrons. The monoisotopic (exact) mass is 290 g/mol. The number of carbonyl (C=O) groups excluding carboxylic acids is 1. The lowest BCUT2D eigenvalue weighted by molar-refractivity contribution is -0.125. The molecule has 0 aliphatic rings. The van der Waals surface area contributed by atoms with E-state index in [1.165, 1.54) is 12.1 Å². The minimum absolute atomic E-state index is 0.0676. The molecule has 1 rings (SSSR count). The fourth-order valence-electron chi connectivity index (χ4n) is 1.18. The summed E-state index contributed by atoms with van der Waals surface area (Å²) in [5, 5.41) is 3.31. The van der Waals surface area contributed by atoms with Crippen molar-refractivity contribution in [3.8, 4) is 0 Å². The lowest BCUT2D eigenvalue weighted by atomic mass is 10.2.